The van der Waals surface area contributed by atoms with E-state index in [1.807, 2.05) is 0 Å². The zero-order chi connectivity index (χ0) is 14.7. The molecule has 0 aliphatic heterocycles. The SMILES string of the molecule is CCOC(=O)Cc1c(C)[nH]n(-c2cccc(F)c2)c1=O. The Bertz CT molecular complexity index is 688. The van der Waals surface area contributed by atoms with E-state index in [0.717, 1.165) is 0 Å². The molecule has 5 nitrogen and oxygen atoms in total. The minimum absolute atomic E-state index is 0.0999. The third kappa shape index (κ3) is 2.79. The molecule has 1 heterocycles. The molecule has 0 radical (unpaired) electrons. The molecule has 0 amide bonds. The molecule has 0 unspecified atom stereocenters. The number of H-pyrrole nitrogens is 1. The molecule has 0 aliphatic rings. The van der Waals surface area contributed by atoms with Crippen LogP contribution in [0.4, 0.5) is 4.39 Å². The van der Waals surface area contributed by atoms with Crippen LogP contribution in [0.25, 0.3) is 5.69 Å². The molecule has 1 N–H and O–H groups in total. The Morgan fingerprint density at radius 1 is 1.45 bits per heavy atom. The summed E-state index contributed by atoms with van der Waals surface area (Å²) in [5, 5.41) is 2.83. The van der Waals surface area contributed by atoms with E-state index in [1.54, 1.807) is 19.9 Å². The Balaban J connectivity index is 2.39. The Kier molecular flexibility index (Phi) is 4.02. The monoisotopic (exact) mass is 278 g/mol. The van der Waals surface area contributed by atoms with Gasteiger partial charge in [-0.25, -0.2) is 9.07 Å². The number of nitrogens with one attached hydrogen (secondary N) is 1. The number of hydrogen-bond donors (Lipinski definition) is 1. The van der Waals surface area contributed by atoms with Crippen molar-refractivity contribution in [2.75, 3.05) is 6.61 Å². The van der Waals surface area contributed by atoms with E-state index in [2.05, 4.69) is 5.10 Å². The number of aromatic nitrogens is 2. The van der Waals surface area contributed by atoms with Crippen LogP contribution >= 0.6 is 0 Å². The first-order valence-electron chi connectivity index (χ1n) is 6.25. The molecule has 106 valence electrons. The van der Waals surface area contributed by atoms with Gasteiger partial charge < -0.3 is 4.74 Å². The summed E-state index contributed by atoms with van der Waals surface area (Å²) >= 11 is 0. The van der Waals surface area contributed by atoms with Crippen LogP contribution in [0.5, 0.6) is 0 Å². The Morgan fingerprint density at radius 3 is 2.85 bits per heavy atom. The van der Waals surface area contributed by atoms with Crippen LogP contribution in [0.1, 0.15) is 18.2 Å². The second kappa shape index (κ2) is 5.73. The quantitative estimate of drug-likeness (QED) is 0.866. The first-order chi connectivity index (χ1) is 9.52. The molecule has 0 bridgehead atoms. The lowest BCUT2D eigenvalue weighted by atomic mass is 10.2. The first kappa shape index (κ1) is 14.0. The second-order valence-corrected chi connectivity index (χ2v) is 4.32. The van der Waals surface area contributed by atoms with E-state index in [0.29, 0.717) is 16.9 Å². The van der Waals surface area contributed by atoms with Crippen molar-refractivity contribution in [3.05, 3.63) is 51.7 Å². The largest absolute Gasteiger partial charge is 0.466 e. The third-order valence-corrected chi connectivity index (χ3v) is 2.89. The van der Waals surface area contributed by atoms with Gasteiger partial charge in [0.1, 0.15) is 5.82 Å². The second-order valence-electron chi connectivity index (χ2n) is 4.32. The van der Waals surface area contributed by atoms with Crippen molar-refractivity contribution < 1.29 is 13.9 Å². The molecule has 2 rings (SSSR count). The molecule has 2 aromatic rings. The van der Waals surface area contributed by atoms with Crippen molar-refractivity contribution in [3.8, 4) is 5.69 Å². The van der Waals surface area contributed by atoms with Crippen molar-refractivity contribution in [1.29, 1.82) is 0 Å². The number of benzene rings is 1. The molecule has 1 aromatic carbocycles. The van der Waals surface area contributed by atoms with Gasteiger partial charge in [0.25, 0.3) is 5.56 Å². The zero-order valence-electron chi connectivity index (χ0n) is 11.3. The van der Waals surface area contributed by atoms with Crippen LogP contribution in [-0.2, 0) is 16.0 Å². The van der Waals surface area contributed by atoms with E-state index in [-0.39, 0.29) is 18.6 Å². The number of ether oxygens (including phenoxy) is 1. The number of carbonyl (C=O) groups is 1. The molecule has 0 saturated heterocycles. The summed E-state index contributed by atoms with van der Waals surface area (Å²) in [5.41, 5.74) is 0.898. The van der Waals surface area contributed by atoms with Crippen molar-refractivity contribution in [2.45, 2.75) is 20.3 Å². The Labute approximate surface area is 115 Å². The van der Waals surface area contributed by atoms with E-state index in [4.69, 9.17) is 4.74 Å². The van der Waals surface area contributed by atoms with E-state index >= 15 is 0 Å². The lowest BCUT2D eigenvalue weighted by Crippen LogP contribution is -2.20. The fourth-order valence-electron chi connectivity index (χ4n) is 1.94. The maximum atomic E-state index is 13.2. The summed E-state index contributed by atoms with van der Waals surface area (Å²) in [4.78, 5) is 23.7. The van der Waals surface area contributed by atoms with E-state index in [1.165, 1.54) is 22.9 Å². The van der Waals surface area contributed by atoms with Gasteiger partial charge in [-0.15, -0.1) is 0 Å². The minimum Gasteiger partial charge on any atom is -0.466 e. The lowest BCUT2D eigenvalue weighted by molar-refractivity contribution is -0.142. The lowest BCUT2D eigenvalue weighted by Gasteiger charge is -2.01. The summed E-state index contributed by atoms with van der Waals surface area (Å²) in [5.74, 6) is -0.897. The molecule has 6 heteroatoms. The van der Waals surface area contributed by atoms with Crippen LogP contribution in [0.2, 0.25) is 0 Å². The van der Waals surface area contributed by atoms with Crippen molar-refractivity contribution in [2.24, 2.45) is 0 Å². The molecule has 0 atom stereocenters. The highest BCUT2D eigenvalue weighted by atomic mass is 19.1. The maximum absolute atomic E-state index is 13.2. The van der Waals surface area contributed by atoms with Gasteiger partial charge in [-0.2, -0.15) is 0 Å². The number of aryl methyl sites for hydroxylation is 1. The van der Waals surface area contributed by atoms with Gasteiger partial charge in [0.15, 0.2) is 0 Å². The van der Waals surface area contributed by atoms with Gasteiger partial charge in [-0.1, -0.05) is 6.07 Å². The number of carbonyl (C=O) groups excluding carboxylic acids is 1. The van der Waals surface area contributed by atoms with Gasteiger partial charge in [0, 0.05) is 5.69 Å². The van der Waals surface area contributed by atoms with E-state index in [9.17, 15) is 14.0 Å². The van der Waals surface area contributed by atoms with Crippen LogP contribution in [-0.4, -0.2) is 22.4 Å². The van der Waals surface area contributed by atoms with Crippen LogP contribution in [0.15, 0.2) is 29.1 Å². The fraction of sp³-hybridized carbons (Fsp3) is 0.286. The Hall–Kier alpha value is -2.37. The average molecular weight is 278 g/mol. The number of nitrogens with zero attached hydrogens (tertiary/aromatic N) is 1. The summed E-state index contributed by atoms with van der Waals surface area (Å²) in [6.07, 6.45) is -0.0999. The number of esters is 1. The predicted octanol–water partition coefficient (Wildman–Crippen LogP) is 1.72. The first-order valence-corrected chi connectivity index (χ1v) is 6.25. The number of aromatic amines is 1. The fourth-order valence-corrected chi connectivity index (χ4v) is 1.94. The van der Waals surface area contributed by atoms with Crippen molar-refractivity contribution in [1.82, 2.24) is 9.78 Å². The summed E-state index contributed by atoms with van der Waals surface area (Å²) in [6, 6.07) is 5.65. The topological polar surface area (TPSA) is 64.1 Å². The predicted molar refractivity (Wildman–Crippen MR) is 71.4 cm³/mol. The standard InChI is InChI=1S/C14H15FN2O3/c1-3-20-13(18)8-12-9(2)16-17(14(12)19)11-6-4-5-10(15)7-11/h4-7,16H,3,8H2,1-2H3. The number of hydrogen-bond acceptors (Lipinski definition) is 3. The van der Waals surface area contributed by atoms with Gasteiger partial charge in [-0.05, 0) is 32.0 Å². The van der Waals surface area contributed by atoms with Gasteiger partial charge >= 0.3 is 5.97 Å². The van der Waals surface area contributed by atoms with Crippen molar-refractivity contribution in [3.63, 3.8) is 0 Å². The highest BCUT2D eigenvalue weighted by Gasteiger charge is 2.16. The van der Waals surface area contributed by atoms with E-state index < -0.39 is 11.8 Å². The minimum atomic E-state index is -0.460. The maximum Gasteiger partial charge on any atom is 0.310 e. The summed E-state index contributed by atoms with van der Waals surface area (Å²) < 4.78 is 19.2. The van der Waals surface area contributed by atoms with Gasteiger partial charge in [0.05, 0.1) is 24.3 Å². The van der Waals surface area contributed by atoms with Crippen LogP contribution < -0.4 is 5.56 Å². The van der Waals surface area contributed by atoms with Gasteiger partial charge in [0.2, 0.25) is 0 Å². The highest BCUT2D eigenvalue weighted by Crippen LogP contribution is 2.09. The number of rotatable bonds is 4. The zero-order valence-corrected chi connectivity index (χ0v) is 11.3. The Morgan fingerprint density at radius 2 is 2.20 bits per heavy atom. The van der Waals surface area contributed by atoms with Gasteiger partial charge in [-0.3, -0.25) is 14.7 Å². The molecule has 0 spiro atoms. The third-order valence-electron chi connectivity index (χ3n) is 2.89. The van der Waals surface area contributed by atoms with Crippen molar-refractivity contribution >= 4 is 5.97 Å². The smallest absolute Gasteiger partial charge is 0.310 e. The normalized spacial score (nSPS) is 10.6. The summed E-state index contributed by atoms with van der Waals surface area (Å²) in [6.45, 7) is 3.65. The molecular formula is C14H15FN2O3. The summed E-state index contributed by atoms with van der Waals surface area (Å²) in [7, 11) is 0. The molecular weight excluding hydrogens is 263 g/mol. The van der Waals surface area contributed by atoms with Crippen LogP contribution in [0.3, 0.4) is 0 Å². The molecule has 20 heavy (non-hydrogen) atoms. The molecule has 1 aromatic heterocycles. The van der Waals surface area contributed by atoms with Crippen LogP contribution in [0, 0.1) is 12.7 Å². The number of halogens is 1. The molecule has 0 fully saturated rings. The average Bonchev–Trinajstić information content (AvgIpc) is 2.67. The highest BCUT2D eigenvalue weighted by molar-refractivity contribution is 5.72. The molecule has 0 aliphatic carbocycles. The molecule has 0 saturated carbocycles.